The van der Waals surface area contributed by atoms with E-state index in [1.165, 1.54) is 24.1 Å². The molecule has 6 nitrogen and oxygen atoms in total. The molecule has 0 N–H and O–H groups in total. The van der Waals surface area contributed by atoms with Crippen molar-refractivity contribution in [1.29, 1.82) is 0 Å². The first kappa shape index (κ1) is 15.9. The lowest BCUT2D eigenvalue weighted by Crippen LogP contribution is -2.14. The number of hydrogen-bond acceptors (Lipinski definition) is 5. The van der Waals surface area contributed by atoms with E-state index in [-0.39, 0.29) is 0 Å². The quantitative estimate of drug-likeness (QED) is 0.734. The van der Waals surface area contributed by atoms with Gasteiger partial charge in [-0.3, -0.25) is 0 Å². The van der Waals surface area contributed by atoms with E-state index in [1.807, 2.05) is 12.3 Å². The Morgan fingerprint density at radius 3 is 2.76 bits per heavy atom. The number of aromatic nitrogens is 6. The van der Waals surface area contributed by atoms with Crippen LogP contribution in [-0.2, 0) is 25.8 Å². The Balaban J connectivity index is 1.66. The number of hydrogen-bond donors (Lipinski definition) is 0. The van der Waals surface area contributed by atoms with Crippen LogP contribution < -0.4 is 0 Å². The molecule has 0 aliphatic heterocycles. The molecule has 0 atom stereocenters. The Labute approximate surface area is 147 Å². The maximum atomic E-state index is 4.83. The monoisotopic (exact) mass is 334 g/mol. The second-order valence-corrected chi connectivity index (χ2v) is 6.45. The molecule has 4 rings (SSSR count). The van der Waals surface area contributed by atoms with Crippen LogP contribution in [0.3, 0.4) is 0 Å². The minimum Gasteiger partial charge on any atom is -0.322 e. The van der Waals surface area contributed by atoms with Crippen LogP contribution in [0.25, 0.3) is 11.5 Å². The average molecular weight is 334 g/mol. The molecule has 0 fully saturated rings. The Bertz CT molecular complexity index is 899. The highest BCUT2D eigenvalue weighted by Crippen LogP contribution is 2.22. The van der Waals surface area contributed by atoms with E-state index in [0.29, 0.717) is 6.54 Å². The summed E-state index contributed by atoms with van der Waals surface area (Å²) in [6.07, 6.45) is 11.0. The molecule has 3 aromatic heterocycles. The van der Waals surface area contributed by atoms with Crippen LogP contribution in [-0.4, -0.2) is 29.5 Å². The molecule has 3 aromatic rings. The van der Waals surface area contributed by atoms with Crippen molar-refractivity contribution in [3.8, 4) is 11.5 Å². The molecule has 1 aliphatic carbocycles. The van der Waals surface area contributed by atoms with Gasteiger partial charge in [-0.25, -0.2) is 24.9 Å². The molecule has 128 valence electrons. The minimum absolute atomic E-state index is 0.606. The van der Waals surface area contributed by atoms with Gasteiger partial charge < -0.3 is 4.57 Å². The zero-order valence-corrected chi connectivity index (χ0v) is 14.7. The molecular formula is C19H22N6. The fraction of sp³-hybridized carbons (Fsp3) is 0.421. The summed E-state index contributed by atoms with van der Waals surface area (Å²) in [4.78, 5) is 22.9. The normalized spacial score (nSPS) is 13.7. The number of imidazole rings is 1. The Morgan fingerprint density at radius 1 is 1.00 bits per heavy atom. The van der Waals surface area contributed by atoms with E-state index in [4.69, 9.17) is 9.97 Å². The molecule has 0 saturated carbocycles. The molecule has 0 radical (unpaired) electrons. The Hall–Kier alpha value is -2.63. The van der Waals surface area contributed by atoms with Gasteiger partial charge in [0.05, 0.1) is 6.54 Å². The first-order valence-corrected chi connectivity index (χ1v) is 8.93. The molecule has 0 spiro atoms. The summed E-state index contributed by atoms with van der Waals surface area (Å²) in [5.74, 6) is 2.51. The van der Waals surface area contributed by atoms with E-state index in [0.717, 1.165) is 48.1 Å². The van der Waals surface area contributed by atoms with Gasteiger partial charge in [-0.1, -0.05) is 6.92 Å². The number of rotatable bonds is 4. The average Bonchev–Trinajstić information content (AvgIpc) is 3.10. The van der Waals surface area contributed by atoms with Crippen molar-refractivity contribution in [2.24, 2.45) is 0 Å². The van der Waals surface area contributed by atoms with Crippen LogP contribution >= 0.6 is 0 Å². The minimum atomic E-state index is 0.606. The van der Waals surface area contributed by atoms with Gasteiger partial charge in [0.2, 0.25) is 0 Å². The second-order valence-electron chi connectivity index (χ2n) is 6.45. The lowest BCUT2D eigenvalue weighted by Gasteiger charge is -2.18. The topological polar surface area (TPSA) is 69.4 Å². The largest absolute Gasteiger partial charge is 0.322 e. The maximum absolute atomic E-state index is 4.83. The van der Waals surface area contributed by atoms with Crippen molar-refractivity contribution < 1.29 is 0 Å². The van der Waals surface area contributed by atoms with Crippen LogP contribution in [0.1, 0.15) is 48.4 Å². The van der Waals surface area contributed by atoms with Crippen LogP contribution in [0, 0.1) is 6.92 Å². The van der Waals surface area contributed by atoms with Crippen molar-refractivity contribution in [3.05, 3.63) is 53.3 Å². The Kier molecular flexibility index (Phi) is 4.26. The molecule has 0 saturated heterocycles. The van der Waals surface area contributed by atoms with Crippen LogP contribution in [0.15, 0.2) is 24.7 Å². The van der Waals surface area contributed by atoms with E-state index >= 15 is 0 Å². The summed E-state index contributed by atoms with van der Waals surface area (Å²) in [5, 5.41) is 0. The van der Waals surface area contributed by atoms with Crippen molar-refractivity contribution in [2.75, 3.05) is 0 Å². The van der Waals surface area contributed by atoms with Gasteiger partial charge in [-0.05, 0) is 44.2 Å². The van der Waals surface area contributed by atoms with Gasteiger partial charge in [-0.15, -0.1) is 0 Å². The van der Waals surface area contributed by atoms with Crippen LogP contribution in [0.5, 0.6) is 0 Å². The molecule has 6 heteroatoms. The third kappa shape index (κ3) is 3.16. The van der Waals surface area contributed by atoms with E-state index in [2.05, 4.69) is 33.4 Å². The predicted octanol–water partition coefficient (Wildman–Crippen LogP) is 2.93. The van der Waals surface area contributed by atoms with Crippen LogP contribution in [0.2, 0.25) is 0 Å². The fourth-order valence-corrected chi connectivity index (χ4v) is 3.43. The molecule has 0 amide bonds. The van der Waals surface area contributed by atoms with Crippen molar-refractivity contribution in [2.45, 2.75) is 52.5 Å². The SMILES string of the molecule is CCc1nccc(-c2nccn2Cc2nc(C)c3c(n2)CCCC3)n1. The van der Waals surface area contributed by atoms with Gasteiger partial charge in [0, 0.05) is 36.4 Å². The second kappa shape index (κ2) is 6.70. The van der Waals surface area contributed by atoms with E-state index in [9.17, 15) is 0 Å². The third-order valence-electron chi connectivity index (χ3n) is 4.71. The highest BCUT2D eigenvalue weighted by atomic mass is 15.1. The van der Waals surface area contributed by atoms with Crippen LogP contribution in [0.4, 0.5) is 0 Å². The van der Waals surface area contributed by atoms with Gasteiger partial charge in [-0.2, -0.15) is 0 Å². The summed E-state index contributed by atoms with van der Waals surface area (Å²) in [6, 6.07) is 1.90. The molecule has 0 bridgehead atoms. The smallest absolute Gasteiger partial charge is 0.159 e. The molecule has 0 unspecified atom stereocenters. The zero-order chi connectivity index (χ0) is 17.2. The predicted molar refractivity (Wildman–Crippen MR) is 95.1 cm³/mol. The summed E-state index contributed by atoms with van der Waals surface area (Å²) in [5.41, 5.74) is 4.54. The van der Waals surface area contributed by atoms with E-state index in [1.54, 1.807) is 12.4 Å². The van der Waals surface area contributed by atoms with Gasteiger partial charge >= 0.3 is 0 Å². The summed E-state index contributed by atoms with van der Waals surface area (Å²) in [7, 11) is 0. The van der Waals surface area contributed by atoms with Crippen molar-refractivity contribution >= 4 is 0 Å². The van der Waals surface area contributed by atoms with Crippen molar-refractivity contribution in [1.82, 2.24) is 29.5 Å². The van der Waals surface area contributed by atoms with Crippen molar-refractivity contribution in [3.63, 3.8) is 0 Å². The summed E-state index contributed by atoms with van der Waals surface area (Å²) in [6.45, 7) is 4.76. The zero-order valence-electron chi connectivity index (χ0n) is 14.7. The standard InChI is InChI=1S/C19H22N6/c1-3-17-20-9-8-16(24-17)19-21-10-11-25(19)12-18-22-13(2)14-6-4-5-7-15(14)23-18/h8-11H,3-7,12H2,1-2H3. The van der Waals surface area contributed by atoms with E-state index < -0.39 is 0 Å². The number of nitrogens with zero attached hydrogens (tertiary/aromatic N) is 6. The number of aryl methyl sites for hydroxylation is 3. The number of fused-ring (bicyclic) bond motifs is 1. The van der Waals surface area contributed by atoms with Gasteiger partial charge in [0.1, 0.15) is 17.3 Å². The highest BCUT2D eigenvalue weighted by Gasteiger charge is 2.16. The highest BCUT2D eigenvalue weighted by molar-refractivity contribution is 5.49. The summed E-state index contributed by atoms with van der Waals surface area (Å²) >= 11 is 0. The molecule has 25 heavy (non-hydrogen) atoms. The first-order chi connectivity index (χ1) is 12.2. The lowest BCUT2D eigenvalue weighted by atomic mass is 9.95. The maximum Gasteiger partial charge on any atom is 0.159 e. The molecule has 0 aromatic carbocycles. The molecule has 3 heterocycles. The summed E-state index contributed by atoms with van der Waals surface area (Å²) < 4.78 is 2.06. The van der Waals surface area contributed by atoms with Gasteiger partial charge in [0.15, 0.2) is 5.82 Å². The Morgan fingerprint density at radius 2 is 1.88 bits per heavy atom. The molecule has 1 aliphatic rings. The molecular weight excluding hydrogens is 312 g/mol. The lowest BCUT2D eigenvalue weighted by molar-refractivity contribution is 0.637. The first-order valence-electron chi connectivity index (χ1n) is 8.93. The fourth-order valence-electron chi connectivity index (χ4n) is 3.43. The third-order valence-corrected chi connectivity index (χ3v) is 4.71. The van der Waals surface area contributed by atoms with Gasteiger partial charge in [0.25, 0.3) is 0 Å².